The highest BCUT2D eigenvalue weighted by molar-refractivity contribution is 5.31. The summed E-state index contributed by atoms with van der Waals surface area (Å²) in [4.78, 5) is 4.52. The van der Waals surface area contributed by atoms with Gasteiger partial charge in [-0.2, -0.15) is 0 Å². The SMILES string of the molecule is Cc1ccc(C)n1NC(c1ccccc1)c1ccccn1. The number of nitrogens with zero attached hydrogens (tertiary/aromatic N) is 2. The molecule has 0 radical (unpaired) electrons. The minimum atomic E-state index is 0.0252. The number of aryl methyl sites for hydroxylation is 2. The molecule has 2 heterocycles. The first-order valence-electron chi connectivity index (χ1n) is 7.13. The molecule has 3 rings (SSSR count). The maximum absolute atomic E-state index is 4.52. The Kier molecular flexibility index (Phi) is 3.73. The van der Waals surface area contributed by atoms with Crippen molar-refractivity contribution in [1.82, 2.24) is 9.66 Å². The summed E-state index contributed by atoms with van der Waals surface area (Å²) in [5.41, 5.74) is 8.16. The molecule has 0 spiro atoms. The van der Waals surface area contributed by atoms with Gasteiger partial charge in [-0.25, -0.2) is 0 Å². The molecule has 1 N–H and O–H groups in total. The molecule has 0 aliphatic rings. The van der Waals surface area contributed by atoms with E-state index in [9.17, 15) is 0 Å². The van der Waals surface area contributed by atoms with E-state index in [1.54, 1.807) is 0 Å². The summed E-state index contributed by atoms with van der Waals surface area (Å²) in [6.07, 6.45) is 1.84. The van der Waals surface area contributed by atoms with E-state index in [1.807, 2.05) is 24.4 Å². The zero-order valence-corrected chi connectivity index (χ0v) is 12.3. The summed E-state index contributed by atoms with van der Waals surface area (Å²) in [6.45, 7) is 4.20. The molecule has 3 aromatic rings. The lowest BCUT2D eigenvalue weighted by Crippen LogP contribution is -2.24. The summed E-state index contributed by atoms with van der Waals surface area (Å²) < 4.78 is 2.12. The highest BCUT2D eigenvalue weighted by atomic mass is 15.4. The summed E-state index contributed by atoms with van der Waals surface area (Å²) in [5.74, 6) is 0. The largest absolute Gasteiger partial charge is 0.312 e. The molecular weight excluding hydrogens is 258 g/mol. The van der Waals surface area contributed by atoms with Crippen LogP contribution in [0.15, 0.2) is 66.9 Å². The van der Waals surface area contributed by atoms with Gasteiger partial charge in [0.05, 0.1) is 5.69 Å². The molecule has 0 aliphatic carbocycles. The van der Waals surface area contributed by atoms with Crippen LogP contribution >= 0.6 is 0 Å². The smallest absolute Gasteiger partial charge is 0.109 e. The Labute approximate surface area is 125 Å². The van der Waals surface area contributed by atoms with Gasteiger partial charge in [0.2, 0.25) is 0 Å². The van der Waals surface area contributed by atoms with Gasteiger partial charge in [-0.05, 0) is 43.7 Å². The van der Waals surface area contributed by atoms with Crippen LogP contribution in [-0.4, -0.2) is 9.66 Å². The van der Waals surface area contributed by atoms with Gasteiger partial charge in [-0.3, -0.25) is 9.66 Å². The second kappa shape index (κ2) is 5.83. The molecule has 21 heavy (non-hydrogen) atoms. The van der Waals surface area contributed by atoms with Gasteiger partial charge in [0, 0.05) is 17.6 Å². The highest BCUT2D eigenvalue weighted by Crippen LogP contribution is 2.22. The molecule has 0 aliphatic heterocycles. The van der Waals surface area contributed by atoms with Crippen LogP contribution in [0.2, 0.25) is 0 Å². The Hall–Kier alpha value is -2.55. The van der Waals surface area contributed by atoms with Crippen LogP contribution < -0.4 is 5.43 Å². The fourth-order valence-corrected chi connectivity index (χ4v) is 2.50. The van der Waals surface area contributed by atoms with Crippen molar-refractivity contribution in [3.8, 4) is 0 Å². The Morgan fingerprint density at radius 1 is 0.857 bits per heavy atom. The van der Waals surface area contributed by atoms with E-state index >= 15 is 0 Å². The number of hydrogen-bond donors (Lipinski definition) is 1. The molecule has 0 fully saturated rings. The maximum atomic E-state index is 4.52. The molecule has 3 nitrogen and oxygen atoms in total. The van der Waals surface area contributed by atoms with Gasteiger partial charge in [-0.15, -0.1) is 0 Å². The van der Waals surface area contributed by atoms with Crippen molar-refractivity contribution in [2.45, 2.75) is 19.9 Å². The second-order valence-electron chi connectivity index (χ2n) is 5.18. The van der Waals surface area contributed by atoms with Gasteiger partial charge in [0.1, 0.15) is 6.04 Å². The van der Waals surface area contributed by atoms with Crippen LogP contribution in [0.4, 0.5) is 0 Å². The minimum absolute atomic E-state index is 0.0252. The second-order valence-corrected chi connectivity index (χ2v) is 5.18. The van der Waals surface area contributed by atoms with Crippen molar-refractivity contribution in [2.75, 3.05) is 5.43 Å². The zero-order valence-electron chi connectivity index (χ0n) is 12.3. The lowest BCUT2D eigenvalue weighted by Gasteiger charge is -2.23. The topological polar surface area (TPSA) is 29.9 Å². The summed E-state index contributed by atoms with van der Waals surface area (Å²) in [6, 6.07) is 20.7. The fraction of sp³-hybridized carbons (Fsp3) is 0.167. The molecule has 1 aromatic carbocycles. The lowest BCUT2D eigenvalue weighted by atomic mass is 10.0. The van der Waals surface area contributed by atoms with Gasteiger partial charge in [0.25, 0.3) is 0 Å². The van der Waals surface area contributed by atoms with Gasteiger partial charge in [0.15, 0.2) is 0 Å². The van der Waals surface area contributed by atoms with Crippen LogP contribution in [0.5, 0.6) is 0 Å². The van der Waals surface area contributed by atoms with Crippen molar-refractivity contribution in [3.05, 3.63) is 89.5 Å². The molecule has 0 saturated heterocycles. The van der Waals surface area contributed by atoms with E-state index in [4.69, 9.17) is 0 Å². The van der Waals surface area contributed by atoms with E-state index in [2.05, 4.69) is 71.4 Å². The third-order valence-corrected chi connectivity index (χ3v) is 3.65. The first-order valence-corrected chi connectivity index (χ1v) is 7.13. The Morgan fingerprint density at radius 2 is 1.52 bits per heavy atom. The van der Waals surface area contributed by atoms with E-state index in [-0.39, 0.29) is 6.04 Å². The predicted molar refractivity (Wildman–Crippen MR) is 85.8 cm³/mol. The van der Waals surface area contributed by atoms with Crippen molar-refractivity contribution < 1.29 is 0 Å². The molecular formula is C18H19N3. The number of aromatic nitrogens is 2. The number of rotatable bonds is 4. The summed E-state index contributed by atoms with van der Waals surface area (Å²) >= 11 is 0. The molecule has 2 aromatic heterocycles. The van der Waals surface area contributed by atoms with Crippen LogP contribution in [-0.2, 0) is 0 Å². The van der Waals surface area contributed by atoms with E-state index in [0.717, 1.165) is 5.69 Å². The molecule has 106 valence electrons. The maximum Gasteiger partial charge on any atom is 0.109 e. The monoisotopic (exact) mass is 277 g/mol. The quantitative estimate of drug-likeness (QED) is 0.785. The van der Waals surface area contributed by atoms with Gasteiger partial charge >= 0.3 is 0 Å². The fourth-order valence-electron chi connectivity index (χ4n) is 2.50. The lowest BCUT2D eigenvalue weighted by molar-refractivity contribution is 0.711. The van der Waals surface area contributed by atoms with Crippen LogP contribution in [0.3, 0.4) is 0 Å². The van der Waals surface area contributed by atoms with Crippen molar-refractivity contribution in [3.63, 3.8) is 0 Å². The first-order chi connectivity index (χ1) is 10.3. The normalized spacial score (nSPS) is 12.1. The Morgan fingerprint density at radius 3 is 2.14 bits per heavy atom. The average Bonchev–Trinajstić information content (AvgIpc) is 2.85. The van der Waals surface area contributed by atoms with Crippen molar-refractivity contribution >= 4 is 0 Å². The van der Waals surface area contributed by atoms with E-state index in [1.165, 1.54) is 17.0 Å². The predicted octanol–water partition coefficient (Wildman–Crippen LogP) is 3.83. The third kappa shape index (κ3) is 2.82. The van der Waals surface area contributed by atoms with E-state index < -0.39 is 0 Å². The zero-order chi connectivity index (χ0) is 14.7. The molecule has 1 unspecified atom stereocenters. The van der Waals surface area contributed by atoms with E-state index in [0.29, 0.717) is 0 Å². The van der Waals surface area contributed by atoms with Crippen LogP contribution in [0, 0.1) is 13.8 Å². The highest BCUT2D eigenvalue weighted by Gasteiger charge is 2.16. The van der Waals surface area contributed by atoms with Crippen molar-refractivity contribution in [1.29, 1.82) is 0 Å². The summed E-state index contributed by atoms with van der Waals surface area (Å²) in [7, 11) is 0. The number of hydrogen-bond acceptors (Lipinski definition) is 2. The Bertz CT molecular complexity index is 643. The molecule has 3 heteroatoms. The number of pyridine rings is 1. The third-order valence-electron chi connectivity index (χ3n) is 3.65. The molecule has 0 bridgehead atoms. The molecule has 1 atom stereocenters. The standard InChI is InChI=1S/C18H19N3/c1-14-11-12-15(2)21(14)20-18(16-8-4-3-5-9-16)17-10-6-7-13-19-17/h3-13,18,20H,1-2H3. The Balaban J connectivity index is 2.01. The molecule has 0 saturated carbocycles. The number of nitrogens with one attached hydrogen (secondary N) is 1. The molecule has 0 amide bonds. The first kappa shape index (κ1) is 13.4. The van der Waals surface area contributed by atoms with Crippen LogP contribution in [0.1, 0.15) is 28.7 Å². The van der Waals surface area contributed by atoms with Gasteiger partial charge in [-0.1, -0.05) is 36.4 Å². The minimum Gasteiger partial charge on any atom is -0.312 e. The average molecular weight is 277 g/mol. The summed E-state index contributed by atoms with van der Waals surface area (Å²) in [5, 5.41) is 0. The van der Waals surface area contributed by atoms with Crippen molar-refractivity contribution in [2.24, 2.45) is 0 Å². The van der Waals surface area contributed by atoms with Gasteiger partial charge < -0.3 is 5.43 Å². The van der Waals surface area contributed by atoms with Crippen LogP contribution in [0.25, 0.3) is 0 Å². The number of benzene rings is 1.